The van der Waals surface area contributed by atoms with Gasteiger partial charge in [-0.1, -0.05) is 13.8 Å². The van der Waals surface area contributed by atoms with Crippen molar-refractivity contribution < 1.29 is 9.84 Å². The molecule has 3 fully saturated rings. The summed E-state index contributed by atoms with van der Waals surface area (Å²) in [5.74, 6) is 1.55. The number of hydrogen-bond acceptors (Lipinski definition) is 4. The molecule has 2 aliphatic carbocycles. The number of hydrogen-bond donors (Lipinski definition) is 1. The van der Waals surface area contributed by atoms with Crippen LogP contribution in [-0.2, 0) is 4.74 Å². The molecule has 0 amide bonds. The van der Waals surface area contributed by atoms with Crippen LogP contribution in [0.2, 0.25) is 0 Å². The lowest BCUT2D eigenvalue weighted by Gasteiger charge is -2.68. The summed E-state index contributed by atoms with van der Waals surface area (Å²) in [4.78, 5) is 4.50. The lowest BCUT2D eigenvalue weighted by atomic mass is 9.41. The maximum atomic E-state index is 10.6. The van der Waals surface area contributed by atoms with E-state index in [2.05, 4.69) is 35.9 Å². The maximum absolute atomic E-state index is 10.6. The monoisotopic (exact) mass is 304 g/mol. The number of rotatable bonds is 3. The lowest BCUT2D eigenvalue weighted by Crippen LogP contribution is -2.67. The Balaban J connectivity index is 1.42. The fourth-order valence-corrected chi connectivity index (χ4v) is 5.03. The SMILES string of the molecule is CC(C)C12CCC1C(N1C=CC(N3CCOCC3)=CC1O)C2. The predicted octanol–water partition coefficient (Wildman–Crippen LogP) is 2.17. The summed E-state index contributed by atoms with van der Waals surface area (Å²) < 4.78 is 5.40. The number of fused-ring (bicyclic) bond motifs is 1. The van der Waals surface area contributed by atoms with Crippen LogP contribution in [0.25, 0.3) is 0 Å². The summed E-state index contributed by atoms with van der Waals surface area (Å²) >= 11 is 0. The quantitative estimate of drug-likeness (QED) is 0.867. The highest BCUT2D eigenvalue weighted by atomic mass is 16.5. The predicted molar refractivity (Wildman–Crippen MR) is 85.9 cm³/mol. The Morgan fingerprint density at radius 2 is 2.09 bits per heavy atom. The van der Waals surface area contributed by atoms with Crippen molar-refractivity contribution in [1.29, 1.82) is 0 Å². The topological polar surface area (TPSA) is 35.9 Å². The standard InChI is InChI=1S/C18H28N2O2/c1-13(2)18-5-3-15(18)16(12-18)20-6-4-14(11-17(20)21)19-7-9-22-10-8-19/h4,6,11,13,15-17,21H,3,5,7-10,12H2,1-2H3. The van der Waals surface area contributed by atoms with Crippen LogP contribution in [-0.4, -0.2) is 53.5 Å². The van der Waals surface area contributed by atoms with Gasteiger partial charge in [0.25, 0.3) is 0 Å². The molecule has 0 aromatic rings. The third-order valence-corrected chi connectivity index (χ3v) is 6.66. The molecule has 4 unspecified atom stereocenters. The van der Waals surface area contributed by atoms with E-state index in [1.807, 2.05) is 6.08 Å². The summed E-state index contributed by atoms with van der Waals surface area (Å²) in [5.41, 5.74) is 1.72. The molecule has 0 spiro atoms. The van der Waals surface area contributed by atoms with E-state index in [1.165, 1.54) is 19.3 Å². The molecule has 0 radical (unpaired) electrons. The van der Waals surface area contributed by atoms with E-state index in [1.54, 1.807) is 0 Å². The van der Waals surface area contributed by atoms with Gasteiger partial charge in [0.15, 0.2) is 0 Å². The Kier molecular flexibility index (Phi) is 3.50. The van der Waals surface area contributed by atoms with Gasteiger partial charge >= 0.3 is 0 Å². The molecule has 1 saturated heterocycles. The van der Waals surface area contributed by atoms with Crippen molar-refractivity contribution in [2.24, 2.45) is 17.3 Å². The molecular weight excluding hydrogens is 276 g/mol. The van der Waals surface area contributed by atoms with Gasteiger partial charge in [-0.25, -0.2) is 0 Å². The van der Waals surface area contributed by atoms with Gasteiger partial charge in [-0.3, -0.25) is 0 Å². The van der Waals surface area contributed by atoms with E-state index in [0.29, 0.717) is 11.5 Å². The number of aliphatic hydroxyl groups is 1. The molecule has 22 heavy (non-hydrogen) atoms. The van der Waals surface area contributed by atoms with E-state index in [-0.39, 0.29) is 0 Å². The first-order valence-electron chi connectivity index (χ1n) is 8.80. The number of morpholine rings is 1. The van der Waals surface area contributed by atoms with Crippen LogP contribution < -0.4 is 0 Å². The molecule has 1 N–H and O–H groups in total. The summed E-state index contributed by atoms with van der Waals surface area (Å²) in [6, 6.07) is 0.532. The van der Waals surface area contributed by atoms with Gasteiger partial charge < -0.3 is 19.6 Å². The highest BCUT2D eigenvalue weighted by Gasteiger charge is 2.62. The largest absolute Gasteiger partial charge is 0.378 e. The Bertz CT molecular complexity index is 495. The van der Waals surface area contributed by atoms with Crippen molar-refractivity contribution in [3.63, 3.8) is 0 Å². The fourth-order valence-electron chi connectivity index (χ4n) is 5.03. The normalized spacial score (nSPS) is 40.9. The first kappa shape index (κ1) is 14.6. The molecule has 4 nitrogen and oxygen atoms in total. The maximum Gasteiger partial charge on any atom is 0.148 e. The van der Waals surface area contributed by atoms with Gasteiger partial charge in [0.05, 0.1) is 13.2 Å². The van der Waals surface area contributed by atoms with Crippen molar-refractivity contribution in [2.75, 3.05) is 26.3 Å². The van der Waals surface area contributed by atoms with Gasteiger partial charge in [-0.2, -0.15) is 0 Å². The molecule has 2 aliphatic heterocycles. The smallest absolute Gasteiger partial charge is 0.148 e. The number of ether oxygens (including phenoxy) is 1. The van der Waals surface area contributed by atoms with Gasteiger partial charge in [0.1, 0.15) is 6.23 Å². The van der Waals surface area contributed by atoms with Crippen molar-refractivity contribution in [1.82, 2.24) is 9.80 Å². The summed E-state index contributed by atoms with van der Waals surface area (Å²) in [7, 11) is 0. The Morgan fingerprint density at radius 3 is 2.64 bits per heavy atom. The minimum Gasteiger partial charge on any atom is -0.378 e. The van der Waals surface area contributed by atoms with Crippen molar-refractivity contribution in [3.8, 4) is 0 Å². The zero-order valence-corrected chi connectivity index (χ0v) is 13.7. The average molecular weight is 304 g/mol. The van der Waals surface area contributed by atoms with Crippen LogP contribution in [0, 0.1) is 17.3 Å². The molecule has 2 heterocycles. The summed E-state index contributed by atoms with van der Waals surface area (Å²) in [6.07, 6.45) is 9.80. The molecule has 4 heteroatoms. The zero-order chi connectivity index (χ0) is 15.3. The fraction of sp³-hybridized carbons (Fsp3) is 0.778. The van der Waals surface area contributed by atoms with E-state index in [4.69, 9.17) is 4.74 Å². The molecule has 4 rings (SSSR count). The molecule has 4 atom stereocenters. The number of nitrogens with zero attached hydrogens (tertiary/aromatic N) is 2. The minimum absolute atomic E-state index is 0.474. The highest BCUT2D eigenvalue weighted by Crippen LogP contribution is 2.66. The molecule has 0 aromatic carbocycles. The van der Waals surface area contributed by atoms with Crippen LogP contribution in [0.5, 0.6) is 0 Å². The second-order valence-corrected chi connectivity index (χ2v) is 7.67. The molecule has 0 aromatic heterocycles. The van der Waals surface area contributed by atoms with Crippen molar-refractivity contribution >= 4 is 0 Å². The first-order chi connectivity index (χ1) is 10.6. The average Bonchev–Trinajstić information content (AvgIpc) is 2.50. The van der Waals surface area contributed by atoms with E-state index in [9.17, 15) is 5.11 Å². The zero-order valence-electron chi connectivity index (χ0n) is 13.7. The third kappa shape index (κ3) is 2.04. The summed E-state index contributed by atoms with van der Waals surface area (Å²) in [5, 5.41) is 10.6. The number of allylic oxidation sites excluding steroid dienone is 1. The van der Waals surface area contributed by atoms with Crippen LogP contribution in [0.1, 0.15) is 33.1 Å². The molecular formula is C18H28N2O2. The molecule has 4 aliphatic rings. The van der Waals surface area contributed by atoms with Gasteiger partial charge in [0.2, 0.25) is 0 Å². The highest BCUT2D eigenvalue weighted by molar-refractivity contribution is 5.26. The van der Waals surface area contributed by atoms with E-state index >= 15 is 0 Å². The van der Waals surface area contributed by atoms with E-state index in [0.717, 1.165) is 43.8 Å². The van der Waals surface area contributed by atoms with Gasteiger partial charge in [-0.15, -0.1) is 0 Å². The van der Waals surface area contributed by atoms with Crippen LogP contribution in [0.3, 0.4) is 0 Å². The summed E-state index contributed by atoms with van der Waals surface area (Å²) in [6.45, 7) is 8.14. The van der Waals surface area contributed by atoms with Crippen molar-refractivity contribution in [3.05, 3.63) is 24.0 Å². The van der Waals surface area contributed by atoms with Crippen LogP contribution in [0.15, 0.2) is 24.0 Å². The second kappa shape index (κ2) is 5.27. The Hall–Kier alpha value is -1.00. The number of aliphatic hydroxyl groups excluding tert-OH is 1. The lowest BCUT2D eigenvalue weighted by molar-refractivity contribution is -0.187. The molecule has 2 saturated carbocycles. The Labute approximate surface area is 133 Å². The first-order valence-corrected chi connectivity index (χ1v) is 8.80. The Morgan fingerprint density at radius 1 is 1.32 bits per heavy atom. The molecule has 122 valence electrons. The second-order valence-electron chi connectivity index (χ2n) is 7.67. The minimum atomic E-state index is -0.474. The van der Waals surface area contributed by atoms with Crippen molar-refractivity contribution in [2.45, 2.75) is 45.4 Å². The third-order valence-electron chi connectivity index (χ3n) is 6.66. The van der Waals surface area contributed by atoms with Gasteiger partial charge in [-0.05, 0) is 48.7 Å². The van der Waals surface area contributed by atoms with E-state index < -0.39 is 6.23 Å². The molecule has 0 bridgehead atoms. The van der Waals surface area contributed by atoms with Gasteiger partial charge in [0, 0.05) is 31.0 Å². The van der Waals surface area contributed by atoms with Crippen LogP contribution >= 0.6 is 0 Å². The van der Waals surface area contributed by atoms with Crippen LogP contribution in [0.4, 0.5) is 0 Å².